The molecular weight excluding hydrogens is 338 g/mol. The number of rotatable bonds is 3. The number of nitrogens with zero attached hydrogens (tertiary/aromatic N) is 1. The van der Waals surface area contributed by atoms with E-state index >= 15 is 0 Å². The van der Waals surface area contributed by atoms with Crippen molar-refractivity contribution >= 4 is 6.41 Å². The summed E-state index contributed by atoms with van der Waals surface area (Å²) in [5.41, 5.74) is 8.90. The fourth-order valence-electron chi connectivity index (χ4n) is 4.53. The van der Waals surface area contributed by atoms with Crippen LogP contribution in [-0.4, -0.2) is 35.7 Å². The van der Waals surface area contributed by atoms with Crippen LogP contribution >= 0.6 is 0 Å². The molecule has 1 aromatic rings. The fourth-order valence-corrected chi connectivity index (χ4v) is 4.53. The molecular formula is C21H37N5O. The molecule has 6 heteroatoms. The van der Waals surface area contributed by atoms with Gasteiger partial charge in [0.25, 0.3) is 0 Å². The number of carbonyl (C=O) groups is 1. The zero-order valence-corrected chi connectivity index (χ0v) is 17.5. The van der Waals surface area contributed by atoms with Crippen LogP contribution in [0.2, 0.25) is 0 Å². The second kappa shape index (κ2) is 9.51. The van der Waals surface area contributed by atoms with Crippen LogP contribution in [0.15, 0.2) is 12.2 Å². The Labute approximate surface area is 163 Å². The topological polar surface area (TPSA) is 95.8 Å². The highest BCUT2D eigenvalue weighted by molar-refractivity contribution is 5.47. The molecule has 1 saturated heterocycles. The van der Waals surface area contributed by atoms with Gasteiger partial charge in [-0.2, -0.15) is 5.10 Å². The monoisotopic (exact) mass is 375 g/mol. The van der Waals surface area contributed by atoms with Crippen molar-refractivity contribution in [1.82, 2.24) is 20.8 Å². The third kappa shape index (κ3) is 4.79. The standard InChI is InChI=1S/C18H26N4O.C2H6.CH5N/c1-18(2)6-5-13-16(9-18)21-22-17(13)15-7-11-3-4-12(19-10-23)8-14(11)20-15;2*1-2/h3-4,10-12,14-15,20H,5-9H2,1-2H3,(H,19,23)(H,21,22);1-2H3;2H2,1H3. The van der Waals surface area contributed by atoms with Crippen LogP contribution < -0.4 is 16.4 Å². The highest BCUT2D eigenvalue weighted by Crippen LogP contribution is 2.41. The number of fused-ring (bicyclic) bond motifs is 2. The number of aromatic amines is 1. The maximum atomic E-state index is 10.6. The summed E-state index contributed by atoms with van der Waals surface area (Å²) in [6.45, 7) is 8.67. The van der Waals surface area contributed by atoms with E-state index in [1.807, 2.05) is 13.8 Å². The number of aromatic nitrogens is 2. The Bertz CT molecular complexity index is 637. The van der Waals surface area contributed by atoms with Gasteiger partial charge in [-0.25, -0.2) is 0 Å². The van der Waals surface area contributed by atoms with E-state index < -0.39 is 0 Å². The molecule has 1 aromatic heterocycles. The summed E-state index contributed by atoms with van der Waals surface area (Å²) >= 11 is 0. The molecule has 27 heavy (non-hydrogen) atoms. The van der Waals surface area contributed by atoms with Gasteiger partial charge in [0.1, 0.15) is 0 Å². The highest BCUT2D eigenvalue weighted by Gasteiger charge is 2.39. The number of carbonyl (C=O) groups excluding carboxylic acids is 1. The molecule has 6 nitrogen and oxygen atoms in total. The predicted molar refractivity (Wildman–Crippen MR) is 110 cm³/mol. The number of hydrogen-bond donors (Lipinski definition) is 4. The molecule has 152 valence electrons. The molecule has 0 radical (unpaired) electrons. The van der Waals surface area contributed by atoms with Crippen molar-refractivity contribution in [2.24, 2.45) is 17.1 Å². The molecule has 0 bridgehead atoms. The minimum Gasteiger partial charge on any atom is -0.352 e. The summed E-state index contributed by atoms with van der Waals surface area (Å²) < 4.78 is 0. The van der Waals surface area contributed by atoms with Crippen molar-refractivity contribution in [1.29, 1.82) is 0 Å². The van der Waals surface area contributed by atoms with Gasteiger partial charge in [0.05, 0.1) is 11.7 Å². The van der Waals surface area contributed by atoms with Crippen LogP contribution in [0.5, 0.6) is 0 Å². The van der Waals surface area contributed by atoms with E-state index in [1.165, 1.54) is 30.4 Å². The smallest absolute Gasteiger partial charge is 0.207 e. The molecule has 0 spiro atoms. The number of nitrogens with two attached hydrogens (primary N) is 1. The summed E-state index contributed by atoms with van der Waals surface area (Å²) in [6.07, 6.45) is 10.7. The quantitative estimate of drug-likeness (QED) is 0.482. The Balaban J connectivity index is 0.000000614. The molecule has 2 aliphatic carbocycles. The first kappa shape index (κ1) is 21.6. The summed E-state index contributed by atoms with van der Waals surface area (Å²) in [5, 5.41) is 14.6. The molecule has 0 saturated carbocycles. The normalized spacial score (nSPS) is 30.0. The lowest BCUT2D eigenvalue weighted by atomic mass is 9.76. The molecule has 0 aromatic carbocycles. The molecule has 4 rings (SSSR count). The van der Waals surface area contributed by atoms with Gasteiger partial charge in [0.15, 0.2) is 0 Å². The van der Waals surface area contributed by atoms with Crippen LogP contribution in [0.4, 0.5) is 0 Å². The molecule has 3 aliphatic rings. The Morgan fingerprint density at radius 3 is 2.70 bits per heavy atom. The Morgan fingerprint density at radius 1 is 1.26 bits per heavy atom. The number of H-pyrrole nitrogens is 1. The van der Waals surface area contributed by atoms with Gasteiger partial charge in [0.2, 0.25) is 6.41 Å². The fraction of sp³-hybridized carbons (Fsp3) is 0.714. The molecule has 1 aliphatic heterocycles. The van der Waals surface area contributed by atoms with Crippen LogP contribution in [0.1, 0.15) is 70.0 Å². The minimum absolute atomic E-state index is 0.161. The molecule has 1 fully saturated rings. The SMILES string of the molecule is CC.CC1(C)CCc2c(C3CC4C=CC(NC=O)CC4N3)n[nH]c2C1.CN. The van der Waals surface area contributed by atoms with Crippen molar-refractivity contribution in [3.8, 4) is 0 Å². The third-order valence-electron chi connectivity index (χ3n) is 5.84. The Morgan fingerprint density at radius 2 is 2.00 bits per heavy atom. The van der Waals surface area contributed by atoms with Gasteiger partial charge in [-0.1, -0.05) is 39.8 Å². The summed E-state index contributed by atoms with van der Waals surface area (Å²) in [5.74, 6) is 0.553. The van der Waals surface area contributed by atoms with Crippen LogP contribution in [0.3, 0.4) is 0 Å². The van der Waals surface area contributed by atoms with E-state index in [0.29, 0.717) is 23.4 Å². The van der Waals surface area contributed by atoms with Gasteiger partial charge in [-0.3, -0.25) is 9.89 Å². The minimum atomic E-state index is 0.161. The van der Waals surface area contributed by atoms with E-state index in [0.717, 1.165) is 32.1 Å². The predicted octanol–water partition coefficient (Wildman–Crippen LogP) is 2.62. The summed E-state index contributed by atoms with van der Waals surface area (Å²) in [6, 6.07) is 0.939. The van der Waals surface area contributed by atoms with Crippen molar-refractivity contribution in [3.05, 3.63) is 29.1 Å². The Kier molecular flexibility index (Phi) is 7.62. The molecule has 5 N–H and O–H groups in total. The van der Waals surface area contributed by atoms with Crippen molar-refractivity contribution in [3.63, 3.8) is 0 Å². The van der Waals surface area contributed by atoms with E-state index in [2.05, 4.69) is 52.6 Å². The van der Waals surface area contributed by atoms with Gasteiger partial charge in [-0.05, 0) is 56.0 Å². The molecule has 4 atom stereocenters. The number of hydrogen-bond acceptors (Lipinski definition) is 4. The van der Waals surface area contributed by atoms with E-state index in [-0.39, 0.29) is 6.04 Å². The summed E-state index contributed by atoms with van der Waals surface area (Å²) in [7, 11) is 1.50. The van der Waals surface area contributed by atoms with E-state index in [4.69, 9.17) is 0 Å². The van der Waals surface area contributed by atoms with E-state index in [1.54, 1.807) is 0 Å². The highest BCUT2D eigenvalue weighted by atomic mass is 16.1. The molecule has 2 heterocycles. The zero-order chi connectivity index (χ0) is 20.0. The van der Waals surface area contributed by atoms with Crippen molar-refractivity contribution < 1.29 is 4.79 Å². The van der Waals surface area contributed by atoms with Gasteiger partial charge >= 0.3 is 0 Å². The molecule has 1 amide bonds. The van der Waals surface area contributed by atoms with Gasteiger partial charge in [-0.15, -0.1) is 0 Å². The third-order valence-corrected chi connectivity index (χ3v) is 5.84. The number of nitrogens with one attached hydrogen (secondary N) is 3. The first-order chi connectivity index (χ1) is 13.1. The zero-order valence-electron chi connectivity index (χ0n) is 17.5. The first-order valence-corrected chi connectivity index (χ1v) is 10.3. The average molecular weight is 376 g/mol. The second-order valence-corrected chi connectivity index (χ2v) is 8.14. The second-order valence-electron chi connectivity index (χ2n) is 8.14. The lowest BCUT2D eigenvalue weighted by Crippen LogP contribution is -2.39. The lowest BCUT2D eigenvalue weighted by Gasteiger charge is -2.29. The first-order valence-electron chi connectivity index (χ1n) is 10.3. The lowest BCUT2D eigenvalue weighted by molar-refractivity contribution is -0.110. The summed E-state index contributed by atoms with van der Waals surface area (Å²) in [4.78, 5) is 10.6. The Hall–Kier alpha value is -1.66. The van der Waals surface area contributed by atoms with Crippen molar-refractivity contribution in [2.75, 3.05) is 7.05 Å². The van der Waals surface area contributed by atoms with Crippen LogP contribution in [-0.2, 0) is 17.6 Å². The van der Waals surface area contributed by atoms with Gasteiger partial charge in [0, 0.05) is 17.8 Å². The maximum Gasteiger partial charge on any atom is 0.207 e. The van der Waals surface area contributed by atoms with Crippen molar-refractivity contribution in [2.45, 2.75) is 77.9 Å². The molecule has 4 unspecified atom stereocenters. The van der Waals surface area contributed by atoms with Crippen LogP contribution in [0, 0.1) is 11.3 Å². The largest absolute Gasteiger partial charge is 0.352 e. The number of amides is 1. The average Bonchev–Trinajstić information content (AvgIpc) is 3.27. The van der Waals surface area contributed by atoms with Gasteiger partial charge < -0.3 is 16.4 Å². The van der Waals surface area contributed by atoms with Crippen LogP contribution in [0.25, 0.3) is 0 Å². The maximum absolute atomic E-state index is 10.6. The van der Waals surface area contributed by atoms with E-state index in [9.17, 15) is 4.79 Å².